The highest BCUT2D eigenvalue weighted by Crippen LogP contribution is 2.41. The van der Waals surface area contributed by atoms with Crippen molar-refractivity contribution in [2.24, 2.45) is 0 Å². The number of fused-ring (bicyclic) bond motifs is 2. The molecule has 1 saturated heterocycles. The van der Waals surface area contributed by atoms with E-state index in [-0.39, 0.29) is 24.5 Å². The summed E-state index contributed by atoms with van der Waals surface area (Å²) < 4.78 is 16.6. The van der Waals surface area contributed by atoms with E-state index in [1.54, 1.807) is 18.2 Å². The second-order valence-corrected chi connectivity index (χ2v) is 8.08. The van der Waals surface area contributed by atoms with Crippen molar-refractivity contribution in [3.8, 4) is 17.2 Å². The van der Waals surface area contributed by atoms with E-state index in [1.165, 1.54) is 4.90 Å². The third-order valence-corrected chi connectivity index (χ3v) is 6.08. The lowest BCUT2D eigenvalue weighted by Gasteiger charge is -2.14. The van der Waals surface area contributed by atoms with Gasteiger partial charge in [0.15, 0.2) is 11.5 Å². The van der Waals surface area contributed by atoms with E-state index in [0.29, 0.717) is 34.3 Å². The predicted octanol–water partition coefficient (Wildman–Crippen LogP) is 5.20. The molecule has 0 atom stereocenters. The number of rotatable bonds is 5. The quantitative estimate of drug-likeness (QED) is 0.515. The summed E-state index contributed by atoms with van der Waals surface area (Å²) in [5.74, 6) is 1.45. The smallest absolute Gasteiger partial charge is 0.293 e. The molecule has 7 heteroatoms. The summed E-state index contributed by atoms with van der Waals surface area (Å²) in [5.41, 5.74) is 1.60. The molecule has 0 spiro atoms. The topological polar surface area (TPSA) is 65.1 Å². The van der Waals surface area contributed by atoms with Gasteiger partial charge in [0.25, 0.3) is 11.1 Å². The third kappa shape index (κ3) is 3.61. The molecule has 2 heterocycles. The summed E-state index contributed by atoms with van der Waals surface area (Å²) in [7, 11) is 0. The molecule has 3 aromatic rings. The lowest BCUT2D eigenvalue weighted by Crippen LogP contribution is -2.27. The average molecular weight is 433 g/mol. The van der Waals surface area contributed by atoms with Crippen molar-refractivity contribution in [1.29, 1.82) is 0 Å². The number of imide groups is 1. The Morgan fingerprint density at radius 2 is 1.84 bits per heavy atom. The van der Waals surface area contributed by atoms with Crippen LogP contribution in [0.25, 0.3) is 16.8 Å². The average Bonchev–Trinajstić information content (AvgIpc) is 3.33. The Hall–Kier alpha value is -3.45. The van der Waals surface area contributed by atoms with Gasteiger partial charge in [0, 0.05) is 11.6 Å². The lowest BCUT2D eigenvalue weighted by molar-refractivity contribution is -0.123. The first-order valence-electron chi connectivity index (χ1n) is 9.92. The summed E-state index contributed by atoms with van der Waals surface area (Å²) >= 11 is 0.932. The summed E-state index contributed by atoms with van der Waals surface area (Å²) in [5, 5.41) is 1.81. The Morgan fingerprint density at radius 3 is 2.68 bits per heavy atom. The van der Waals surface area contributed by atoms with Gasteiger partial charge in [-0.2, -0.15) is 0 Å². The van der Waals surface area contributed by atoms with Crippen LogP contribution < -0.4 is 14.2 Å². The Balaban J connectivity index is 1.46. The zero-order valence-electron chi connectivity index (χ0n) is 16.8. The Kier molecular flexibility index (Phi) is 5.03. The van der Waals surface area contributed by atoms with E-state index in [4.69, 9.17) is 14.2 Å². The van der Waals surface area contributed by atoms with Gasteiger partial charge in [0.1, 0.15) is 5.75 Å². The molecule has 5 rings (SSSR count). The number of ether oxygens (including phenoxy) is 3. The van der Waals surface area contributed by atoms with Gasteiger partial charge in [-0.25, -0.2) is 0 Å². The number of hydrogen-bond acceptors (Lipinski definition) is 6. The molecular formula is C24H19NO5S. The minimum atomic E-state index is -0.317. The number of thioether (sulfide) groups is 1. The molecule has 31 heavy (non-hydrogen) atoms. The van der Waals surface area contributed by atoms with Gasteiger partial charge in [-0.3, -0.25) is 14.5 Å². The molecule has 0 aliphatic carbocycles. The fourth-order valence-corrected chi connectivity index (χ4v) is 4.54. The first-order valence-corrected chi connectivity index (χ1v) is 10.7. The second-order valence-electron chi connectivity index (χ2n) is 7.08. The van der Waals surface area contributed by atoms with Crippen LogP contribution in [0.2, 0.25) is 0 Å². The van der Waals surface area contributed by atoms with Crippen LogP contribution in [0.15, 0.2) is 59.5 Å². The summed E-state index contributed by atoms with van der Waals surface area (Å²) in [6.07, 6.45) is 1.68. The molecule has 6 nitrogen and oxygen atoms in total. The minimum absolute atomic E-state index is 0.145. The van der Waals surface area contributed by atoms with Crippen LogP contribution in [0.1, 0.15) is 18.1 Å². The zero-order valence-corrected chi connectivity index (χ0v) is 17.6. The van der Waals surface area contributed by atoms with Crippen LogP contribution in [-0.2, 0) is 11.3 Å². The predicted molar refractivity (Wildman–Crippen MR) is 119 cm³/mol. The van der Waals surface area contributed by atoms with Crippen LogP contribution in [-0.4, -0.2) is 29.4 Å². The fraction of sp³-hybridized carbons (Fsp3) is 0.167. The SMILES string of the molecule is CCOc1cc2c(cc1/C=C1/SC(=O)N(Cc3cccc4ccccc34)C1=O)OCO2. The largest absolute Gasteiger partial charge is 0.493 e. The molecule has 0 radical (unpaired) electrons. The van der Waals surface area contributed by atoms with Crippen LogP contribution in [0.5, 0.6) is 17.2 Å². The first kappa shape index (κ1) is 19.5. The maximum absolute atomic E-state index is 13.1. The maximum Gasteiger partial charge on any atom is 0.293 e. The molecule has 0 N–H and O–H groups in total. The molecular weight excluding hydrogens is 414 g/mol. The van der Waals surface area contributed by atoms with E-state index >= 15 is 0 Å². The van der Waals surface area contributed by atoms with E-state index in [0.717, 1.165) is 28.1 Å². The molecule has 0 aromatic heterocycles. The normalized spacial score (nSPS) is 16.5. The Morgan fingerprint density at radius 1 is 1.06 bits per heavy atom. The van der Waals surface area contributed by atoms with Crippen molar-refractivity contribution in [3.63, 3.8) is 0 Å². The van der Waals surface area contributed by atoms with E-state index in [2.05, 4.69) is 0 Å². The van der Waals surface area contributed by atoms with Crippen molar-refractivity contribution in [2.75, 3.05) is 13.4 Å². The number of carbonyl (C=O) groups excluding carboxylic acids is 2. The Labute approximate surface area is 183 Å². The highest BCUT2D eigenvalue weighted by molar-refractivity contribution is 8.18. The summed E-state index contributed by atoms with van der Waals surface area (Å²) in [4.78, 5) is 27.4. The number of amides is 2. The van der Waals surface area contributed by atoms with Crippen LogP contribution >= 0.6 is 11.8 Å². The zero-order chi connectivity index (χ0) is 21.4. The standard InChI is InChI=1S/C24H19NO5S/c1-2-28-19-12-21-20(29-14-30-21)10-17(19)11-22-23(26)25(24(27)31-22)13-16-8-5-7-15-6-3-4-9-18(15)16/h3-12H,2,13-14H2,1H3/b22-11+. The molecule has 0 saturated carbocycles. The molecule has 156 valence electrons. The molecule has 0 unspecified atom stereocenters. The third-order valence-electron chi connectivity index (χ3n) is 5.17. The second kappa shape index (κ2) is 8.00. The summed E-state index contributed by atoms with van der Waals surface area (Å²) in [6, 6.07) is 17.4. The van der Waals surface area contributed by atoms with E-state index < -0.39 is 0 Å². The Bertz CT molecular complexity index is 1230. The maximum atomic E-state index is 13.1. The van der Waals surface area contributed by atoms with E-state index in [1.807, 2.05) is 49.4 Å². The number of carbonyl (C=O) groups is 2. The molecule has 3 aromatic carbocycles. The number of hydrogen-bond donors (Lipinski definition) is 0. The van der Waals surface area contributed by atoms with Gasteiger partial charge in [-0.1, -0.05) is 42.5 Å². The first-order chi connectivity index (χ1) is 15.1. The van der Waals surface area contributed by atoms with Crippen molar-refractivity contribution < 1.29 is 23.8 Å². The van der Waals surface area contributed by atoms with Gasteiger partial charge in [0.2, 0.25) is 6.79 Å². The minimum Gasteiger partial charge on any atom is -0.493 e. The molecule has 2 amide bonds. The van der Waals surface area contributed by atoms with Crippen molar-refractivity contribution in [1.82, 2.24) is 4.90 Å². The lowest BCUT2D eigenvalue weighted by atomic mass is 10.0. The van der Waals surface area contributed by atoms with Gasteiger partial charge in [-0.05, 0) is 47.2 Å². The molecule has 2 aliphatic rings. The van der Waals surface area contributed by atoms with Crippen molar-refractivity contribution in [2.45, 2.75) is 13.5 Å². The van der Waals surface area contributed by atoms with Gasteiger partial charge < -0.3 is 14.2 Å². The fourth-order valence-electron chi connectivity index (χ4n) is 3.71. The van der Waals surface area contributed by atoms with Crippen LogP contribution in [0.3, 0.4) is 0 Å². The van der Waals surface area contributed by atoms with Crippen LogP contribution in [0, 0.1) is 0 Å². The molecule has 1 fully saturated rings. The van der Waals surface area contributed by atoms with Gasteiger partial charge in [0.05, 0.1) is 18.1 Å². The highest BCUT2D eigenvalue weighted by atomic mass is 32.2. The van der Waals surface area contributed by atoms with Crippen LogP contribution in [0.4, 0.5) is 4.79 Å². The molecule has 0 bridgehead atoms. The van der Waals surface area contributed by atoms with E-state index in [9.17, 15) is 9.59 Å². The number of benzene rings is 3. The van der Waals surface area contributed by atoms with Crippen molar-refractivity contribution >= 4 is 39.8 Å². The summed E-state index contributed by atoms with van der Waals surface area (Å²) in [6.45, 7) is 2.71. The highest BCUT2D eigenvalue weighted by Gasteiger charge is 2.35. The monoisotopic (exact) mass is 433 g/mol. The van der Waals surface area contributed by atoms with Crippen molar-refractivity contribution in [3.05, 3.63) is 70.6 Å². The van der Waals surface area contributed by atoms with Gasteiger partial charge in [-0.15, -0.1) is 0 Å². The van der Waals surface area contributed by atoms with Gasteiger partial charge >= 0.3 is 0 Å². The number of nitrogens with zero attached hydrogens (tertiary/aromatic N) is 1. The molecule has 2 aliphatic heterocycles.